The fourth-order valence-corrected chi connectivity index (χ4v) is 3.55. The predicted molar refractivity (Wildman–Crippen MR) is 82.1 cm³/mol. The maximum absolute atomic E-state index is 11.5. The van der Waals surface area contributed by atoms with Crippen LogP contribution in [0.1, 0.15) is 44.4 Å². The maximum atomic E-state index is 11.5. The molecule has 3 nitrogen and oxygen atoms in total. The van der Waals surface area contributed by atoms with Crippen molar-refractivity contribution in [1.82, 2.24) is 5.32 Å². The lowest BCUT2D eigenvalue weighted by Gasteiger charge is -2.22. The Balaban J connectivity index is 1.96. The van der Waals surface area contributed by atoms with Crippen LogP contribution in [0, 0.1) is 11.3 Å². The van der Waals surface area contributed by atoms with Crippen LogP contribution in [0.2, 0.25) is 5.02 Å². The molecule has 1 aliphatic carbocycles. The Labute approximate surface area is 125 Å². The fourth-order valence-electron chi connectivity index (χ4n) is 3.27. The van der Waals surface area contributed by atoms with E-state index < -0.39 is 0 Å². The number of benzene rings is 1. The topological polar surface area (TPSA) is 41.1 Å². The molecule has 0 bridgehead atoms. The zero-order chi connectivity index (χ0) is 14.5. The Hall–Kier alpha value is -1.06. The van der Waals surface area contributed by atoms with Crippen LogP contribution >= 0.6 is 11.6 Å². The first kappa shape index (κ1) is 13.9. The number of nitrogens with one attached hydrogen (secondary N) is 2. The summed E-state index contributed by atoms with van der Waals surface area (Å²) in [5, 5.41) is 7.17. The zero-order valence-electron chi connectivity index (χ0n) is 12.2. The molecule has 20 heavy (non-hydrogen) atoms. The second kappa shape index (κ2) is 4.74. The van der Waals surface area contributed by atoms with Gasteiger partial charge in [-0.3, -0.25) is 4.79 Å². The number of carbonyl (C=O) groups is 1. The zero-order valence-corrected chi connectivity index (χ0v) is 13.0. The monoisotopic (exact) mass is 292 g/mol. The van der Waals surface area contributed by atoms with Crippen molar-refractivity contribution in [2.45, 2.75) is 39.7 Å². The van der Waals surface area contributed by atoms with Gasteiger partial charge in [-0.2, -0.15) is 0 Å². The molecule has 1 fully saturated rings. The molecular formula is C16H21ClN2O. The van der Waals surface area contributed by atoms with E-state index in [4.69, 9.17) is 11.6 Å². The highest BCUT2D eigenvalue weighted by molar-refractivity contribution is 6.32. The van der Waals surface area contributed by atoms with Crippen molar-refractivity contribution < 1.29 is 4.79 Å². The lowest BCUT2D eigenvalue weighted by Crippen LogP contribution is -2.24. The van der Waals surface area contributed by atoms with Crippen LogP contribution in [0.15, 0.2) is 12.1 Å². The SMILES string of the molecule is CCNC(c1cc2c(cc1Cl)NC(=O)C2)C1CC1(C)C. The van der Waals surface area contributed by atoms with E-state index in [-0.39, 0.29) is 11.9 Å². The summed E-state index contributed by atoms with van der Waals surface area (Å²) < 4.78 is 0. The van der Waals surface area contributed by atoms with E-state index in [1.807, 2.05) is 6.07 Å². The molecule has 3 rings (SSSR count). The van der Waals surface area contributed by atoms with Crippen LogP contribution < -0.4 is 10.6 Å². The molecule has 0 aromatic heterocycles. The summed E-state index contributed by atoms with van der Waals surface area (Å²) in [6, 6.07) is 4.29. The number of hydrogen-bond donors (Lipinski definition) is 2. The molecule has 0 saturated heterocycles. The third kappa shape index (κ3) is 2.33. The summed E-state index contributed by atoms with van der Waals surface area (Å²) >= 11 is 6.46. The highest BCUT2D eigenvalue weighted by Gasteiger charge is 2.50. The van der Waals surface area contributed by atoms with Gasteiger partial charge in [-0.05, 0) is 41.5 Å². The molecule has 1 aliphatic heterocycles. The molecule has 1 aromatic carbocycles. The van der Waals surface area contributed by atoms with Crippen LogP contribution in [0.25, 0.3) is 0 Å². The second-order valence-electron chi connectivity index (χ2n) is 6.59. The largest absolute Gasteiger partial charge is 0.325 e. The van der Waals surface area contributed by atoms with E-state index in [9.17, 15) is 4.79 Å². The van der Waals surface area contributed by atoms with Crippen molar-refractivity contribution in [3.63, 3.8) is 0 Å². The van der Waals surface area contributed by atoms with Crippen molar-refractivity contribution in [2.75, 3.05) is 11.9 Å². The molecule has 1 aromatic rings. The Bertz CT molecular complexity index is 568. The number of halogens is 1. The van der Waals surface area contributed by atoms with Gasteiger partial charge in [0.2, 0.25) is 5.91 Å². The third-order valence-corrected chi connectivity index (χ3v) is 4.93. The molecule has 0 spiro atoms. The molecule has 1 heterocycles. The maximum Gasteiger partial charge on any atom is 0.228 e. The Morgan fingerprint density at radius 2 is 2.20 bits per heavy atom. The van der Waals surface area contributed by atoms with Crippen molar-refractivity contribution in [2.24, 2.45) is 11.3 Å². The summed E-state index contributed by atoms with van der Waals surface area (Å²) in [7, 11) is 0. The number of carbonyl (C=O) groups excluding carboxylic acids is 1. The number of rotatable bonds is 4. The molecule has 1 saturated carbocycles. The first-order chi connectivity index (χ1) is 9.42. The minimum absolute atomic E-state index is 0.0555. The van der Waals surface area contributed by atoms with E-state index >= 15 is 0 Å². The molecule has 4 heteroatoms. The van der Waals surface area contributed by atoms with Gasteiger partial charge in [0.25, 0.3) is 0 Å². The summed E-state index contributed by atoms with van der Waals surface area (Å²) in [4.78, 5) is 11.5. The molecule has 0 radical (unpaired) electrons. The molecule has 2 atom stereocenters. The number of fused-ring (bicyclic) bond motifs is 1. The van der Waals surface area contributed by atoms with Gasteiger partial charge < -0.3 is 10.6 Å². The number of hydrogen-bond acceptors (Lipinski definition) is 2. The van der Waals surface area contributed by atoms with Gasteiger partial charge in [-0.1, -0.05) is 38.4 Å². The van der Waals surface area contributed by atoms with Gasteiger partial charge in [-0.15, -0.1) is 0 Å². The van der Waals surface area contributed by atoms with Gasteiger partial charge in [0.05, 0.1) is 6.42 Å². The van der Waals surface area contributed by atoms with E-state index in [2.05, 4.69) is 37.5 Å². The van der Waals surface area contributed by atoms with Crippen LogP contribution in [-0.2, 0) is 11.2 Å². The normalized spacial score (nSPS) is 24.2. The van der Waals surface area contributed by atoms with Gasteiger partial charge >= 0.3 is 0 Å². The minimum atomic E-state index is 0.0555. The third-order valence-electron chi connectivity index (χ3n) is 4.60. The first-order valence-corrected chi connectivity index (χ1v) is 7.65. The van der Waals surface area contributed by atoms with Gasteiger partial charge in [0, 0.05) is 16.8 Å². The van der Waals surface area contributed by atoms with E-state index in [1.54, 1.807) is 0 Å². The standard InChI is InChI=1S/C16H21ClN2O/c1-4-18-15(11-8-16(11,2)3)10-5-9-6-14(20)19-13(9)7-12(10)17/h5,7,11,15,18H,4,6,8H2,1-3H3,(H,19,20). The average molecular weight is 293 g/mol. The summed E-state index contributed by atoms with van der Waals surface area (Å²) in [6.07, 6.45) is 1.68. The molecular weight excluding hydrogens is 272 g/mol. The fraction of sp³-hybridized carbons (Fsp3) is 0.562. The molecule has 1 amide bonds. The minimum Gasteiger partial charge on any atom is -0.325 e. The molecule has 2 unspecified atom stereocenters. The molecule has 108 valence electrons. The van der Waals surface area contributed by atoms with Gasteiger partial charge in [-0.25, -0.2) is 0 Å². The lowest BCUT2D eigenvalue weighted by atomic mass is 9.95. The lowest BCUT2D eigenvalue weighted by molar-refractivity contribution is -0.115. The Kier molecular flexibility index (Phi) is 3.30. The van der Waals surface area contributed by atoms with Crippen molar-refractivity contribution in [3.8, 4) is 0 Å². The Morgan fingerprint density at radius 1 is 1.50 bits per heavy atom. The summed E-state index contributed by atoms with van der Waals surface area (Å²) in [5.74, 6) is 0.669. The smallest absolute Gasteiger partial charge is 0.228 e. The molecule has 2 N–H and O–H groups in total. The predicted octanol–water partition coefficient (Wildman–Crippen LogP) is 3.53. The van der Waals surface area contributed by atoms with Crippen LogP contribution in [0.4, 0.5) is 5.69 Å². The van der Waals surface area contributed by atoms with Crippen molar-refractivity contribution in [3.05, 3.63) is 28.3 Å². The van der Waals surface area contributed by atoms with Crippen molar-refractivity contribution >= 4 is 23.2 Å². The van der Waals surface area contributed by atoms with E-state index in [0.29, 0.717) is 17.8 Å². The number of anilines is 1. The summed E-state index contributed by atoms with van der Waals surface area (Å²) in [5.41, 5.74) is 3.45. The van der Waals surface area contributed by atoms with E-state index in [0.717, 1.165) is 28.4 Å². The van der Waals surface area contributed by atoms with Crippen molar-refractivity contribution in [1.29, 1.82) is 0 Å². The number of amides is 1. The second-order valence-corrected chi connectivity index (χ2v) is 7.00. The van der Waals surface area contributed by atoms with Gasteiger partial charge in [0.15, 0.2) is 0 Å². The quantitative estimate of drug-likeness (QED) is 0.891. The van der Waals surface area contributed by atoms with Crippen LogP contribution in [0.5, 0.6) is 0 Å². The highest BCUT2D eigenvalue weighted by Crippen LogP contribution is 2.58. The van der Waals surface area contributed by atoms with E-state index in [1.165, 1.54) is 6.42 Å². The van der Waals surface area contributed by atoms with Gasteiger partial charge in [0.1, 0.15) is 0 Å². The molecule has 2 aliphatic rings. The van der Waals surface area contributed by atoms with Crippen LogP contribution in [0.3, 0.4) is 0 Å². The summed E-state index contributed by atoms with van der Waals surface area (Å²) in [6.45, 7) is 7.64. The highest BCUT2D eigenvalue weighted by atomic mass is 35.5. The van der Waals surface area contributed by atoms with Crippen LogP contribution in [-0.4, -0.2) is 12.5 Å². The first-order valence-electron chi connectivity index (χ1n) is 7.28. The average Bonchev–Trinajstić information content (AvgIpc) is 2.82. The Morgan fingerprint density at radius 3 is 2.80 bits per heavy atom.